The van der Waals surface area contributed by atoms with Crippen molar-refractivity contribution in [1.29, 1.82) is 0 Å². The van der Waals surface area contributed by atoms with Crippen LogP contribution in [-0.2, 0) is 32.5 Å². The summed E-state index contributed by atoms with van der Waals surface area (Å²) in [5.74, 6) is 0.00569. The second kappa shape index (κ2) is 14.6. The molecule has 0 unspecified atom stereocenters. The molecule has 1 spiro atoms. The Morgan fingerprint density at radius 3 is 2.41 bits per heavy atom. The second-order valence-corrected chi connectivity index (χ2v) is 14.0. The molecule has 0 radical (unpaired) electrons. The average Bonchev–Trinajstić information content (AvgIpc) is 3.08. The van der Waals surface area contributed by atoms with E-state index in [1.165, 1.54) is 30.2 Å². The summed E-state index contributed by atoms with van der Waals surface area (Å²) in [6.45, 7) is 4.59. The molecule has 3 saturated heterocycles. The van der Waals surface area contributed by atoms with Crippen molar-refractivity contribution in [3.8, 4) is 0 Å². The number of nitrogens with one attached hydrogen (secondary N) is 1. The van der Waals surface area contributed by atoms with Gasteiger partial charge < -0.3 is 29.9 Å². The number of benzene rings is 2. The highest BCUT2D eigenvalue weighted by molar-refractivity contribution is 6.33. The number of rotatable bonds is 7. The van der Waals surface area contributed by atoms with Gasteiger partial charge in [-0.05, 0) is 81.4 Å². The zero-order valence-corrected chi connectivity index (χ0v) is 28.2. The lowest BCUT2D eigenvalue weighted by Gasteiger charge is -2.44. The number of likely N-dealkylation sites (tertiary alicyclic amines) is 3. The maximum Gasteiger partial charge on any atom is 0.418 e. The predicted molar refractivity (Wildman–Crippen MR) is 178 cm³/mol. The van der Waals surface area contributed by atoms with Gasteiger partial charge in [-0.1, -0.05) is 36.2 Å². The van der Waals surface area contributed by atoms with Gasteiger partial charge in [0.25, 0.3) is 5.91 Å². The van der Waals surface area contributed by atoms with Crippen LogP contribution in [0.2, 0.25) is 5.02 Å². The lowest BCUT2D eigenvalue weighted by Crippen LogP contribution is -2.51. The smallest absolute Gasteiger partial charge is 0.418 e. The van der Waals surface area contributed by atoms with E-state index < -0.39 is 47.2 Å². The molecule has 0 aromatic heterocycles. The first-order chi connectivity index (χ1) is 23.4. The van der Waals surface area contributed by atoms with Gasteiger partial charge in [0.1, 0.15) is 5.60 Å². The molecule has 3 amide bonds. The second-order valence-electron chi connectivity index (χ2n) is 13.6. The fourth-order valence-electron chi connectivity index (χ4n) is 7.59. The summed E-state index contributed by atoms with van der Waals surface area (Å²) in [7, 11) is 0. The molecule has 4 aliphatic rings. The zero-order valence-electron chi connectivity index (χ0n) is 27.4. The van der Waals surface area contributed by atoms with Crippen LogP contribution in [0, 0.1) is 5.92 Å². The fourth-order valence-corrected chi connectivity index (χ4v) is 7.83. The Labute approximate surface area is 289 Å². The van der Waals surface area contributed by atoms with Gasteiger partial charge in [0.15, 0.2) is 6.10 Å². The predicted octanol–water partition coefficient (Wildman–Crippen LogP) is 6.66. The van der Waals surface area contributed by atoms with Gasteiger partial charge in [-0.15, -0.1) is 0 Å². The topological polar surface area (TPSA) is 117 Å². The molecule has 1 atom stereocenters. The zero-order chi connectivity index (χ0) is 34.8. The number of nitrogens with two attached hydrogens (primary N) is 1. The number of nitrogen functional groups attached to an aromatic ring is 1. The molecule has 3 fully saturated rings. The number of alkyl halides is 3. The number of para-hydroxylation sites is 1. The number of anilines is 2. The van der Waals surface area contributed by atoms with E-state index in [4.69, 9.17) is 26.8 Å². The van der Waals surface area contributed by atoms with E-state index in [9.17, 15) is 27.6 Å². The molecule has 6 rings (SSSR count). The summed E-state index contributed by atoms with van der Waals surface area (Å²) < 4.78 is 53.0. The number of halogens is 4. The number of piperidine rings is 3. The van der Waals surface area contributed by atoms with Crippen LogP contribution in [0.4, 0.5) is 34.1 Å². The maximum absolute atomic E-state index is 14.0. The van der Waals surface area contributed by atoms with E-state index in [2.05, 4.69) is 10.2 Å². The monoisotopic (exact) mass is 705 g/mol. The summed E-state index contributed by atoms with van der Waals surface area (Å²) in [5, 5.41) is 2.41. The van der Waals surface area contributed by atoms with Gasteiger partial charge in [0.2, 0.25) is 0 Å². The van der Waals surface area contributed by atoms with Crippen molar-refractivity contribution in [3.05, 3.63) is 58.1 Å². The van der Waals surface area contributed by atoms with E-state index >= 15 is 0 Å². The third-order valence-corrected chi connectivity index (χ3v) is 10.7. The summed E-state index contributed by atoms with van der Waals surface area (Å²) in [4.78, 5) is 45.5. The largest absolute Gasteiger partial charge is 0.438 e. The molecule has 3 N–H and O–H groups in total. The van der Waals surface area contributed by atoms with Crippen molar-refractivity contribution in [1.82, 2.24) is 14.7 Å². The van der Waals surface area contributed by atoms with E-state index in [1.807, 2.05) is 18.2 Å². The SMILES string of the molecule is Nc1c(Cl)cc(C[C@@H](OC(=O)N2CCC3(CC2)OC(=O)Nc2ccccc23)C(=O)N2CCC(CCN3CCCCC3)CC2)cc1C(F)(F)F. The molecule has 0 bridgehead atoms. The number of amides is 3. The third kappa shape index (κ3) is 8.03. The van der Waals surface area contributed by atoms with Gasteiger partial charge in [-0.2, -0.15) is 13.2 Å². The van der Waals surface area contributed by atoms with Crippen LogP contribution in [-0.4, -0.2) is 84.7 Å². The standard InChI is InChI=1S/C35H43ClF3N5O5/c36-27-21-24(20-26(30(27)40)35(37,38)39)22-29(31(45)43-16-9-23(10-17-43)8-15-42-13-4-1-5-14-42)48-33(47)44-18-11-34(12-19-44)25-6-2-3-7-28(25)41-32(46)49-34/h2-3,6-7,20-21,23,29H,1,4-5,8-19,22,40H2,(H,41,46)/t29-/m1/s1. The van der Waals surface area contributed by atoms with E-state index in [-0.39, 0.29) is 30.1 Å². The van der Waals surface area contributed by atoms with Crippen molar-refractivity contribution < 1.29 is 37.0 Å². The fraction of sp³-hybridized carbons (Fsp3) is 0.571. The maximum atomic E-state index is 14.0. The highest BCUT2D eigenvalue weighted by atomic mass is 35.5. The van der Waals surface area contributed by atoms with Gasteiger partial charge >= 0.3 is 18.4 Å². The molecule has 4 aliphatic heterocycles. The first-order valence-electron chi connectivity index (χ1n) is 17.1. The van der Waals surface area contributed by atoms with E-state index in [1.54, 1.807) is 11.0 Å². The first-order valence-corrected chi connectivity index (χ1v) is 17.5. The number of carbonyl (C=O) groups excluding carboxylic acids is 3. The van der Waals surface area contributed by atoms with Crippen LogP contribution in [0.25, 0.3) is 0 Å². The Bertz CT molecular complexity index is 1540. The minimum atomic E-state index is -4.77. The summed E-state index contributed by atoms with van der Waals surface area (Å²) in [6.07, 6.45) is -0.796. The lowest BCUT2D eigenvalue weighted by atomic mass is 9.82. The van der Waals surface area contributed by atoms with Gasteiger partial charge in [-0.3, -0.25) is 10.1 Å². The van der Waals surface area contributed by atoms with E-state index in [0.717, 1.165) is 50.5 Å². The number of hydrogen-bond donors (Lipinski definition) is 2. The van der Waals surface area contributed by atoms with Crippen molar-refractivity contribution in [2.24, 2.45) is 5.92 Å². The van der Waals surface area contributed by atoms with Crippen LogP contribution in [0.3, 0.4) is 0 Å². The minimum absolute atomic E-state index is 0.0740. The number of nitrogens with zero attached hydrogens (tertiary/aromatic N) is 3. The van der Waals surface area contributed by atoms with Crippen molar-refractivity contribution in [2.45, 2.75) is 75.7 Å². The number of hydrogen-bond acceptors (Lipinski definition) is 7. The Morgan fingerprint density at radius 1 is 1.02 bits per heavy atom. The van der Waals surface area contributed by atoms with Crippen LogP contribution < -0.4 is 11.1 Å². The number of ether oxygens (including phenoxy) is 2. The molecule has 266 valence electrons. The van der Waals surface area contributed by atoms with Crippen molar-refractivity contribution in [2.75, 3.05) is 56.9 Å². The quantitative estimate of drug-likeness (QED) is 0.310. The summed E-state index contributed by atoms with van der Waals surface area (Å²) >= 11 is 6.10. The molecule has 0 aliphatic carbocycles. The highest BCUT2D eigenvalue weighted by Crippen LogP contribution is 2.43. The van der Waals surface area contributed by atoms with Crippen molar-refractivity contribution >= 4 is 41.1 Å². The van der Waals surface area contributed by atoms with Crippen LogP contribution >= 0.6 is 11.6 Å². The Kier molecular flexibility index (Phi) is 10.5. The lowest BCUT2D eigenvalue weighted by molar-refractivity contribution is -0.142. The minimum Gasteiger partial charge on any atom is -0.438 e. The molecule has 14 heteroatoms. The average molecular weight is 706 g/mol. The van der Waals surface area contributed by atoms with Crippen molar-refractivity contribution in [3.63, 3.8) is 0 Å². The van der Waals surface area contributed by atoms with Crippen LogP contribution in [0.5, 0.6) is 0 Å². The number of carbonyl (C=O) groups is 3. The molecular weight excluding hydrogens is 663 g/mol. The Morgan fingerprint density at radius 2 is 1.71 bits per heavy atom. The van der Waals surface area contributed by atoms with Gasteiger partial charge in [-0.25, -0.2) is 9.59 Å². The molecule has 2 aromatic carbocycles. The third-order valence-electron chi connectivity index (χ3n) is 10.4. The summed E-state index contributed by atoms with van der Waals surface area (Å²) in [6, 6.07) is 9.46. The first kappa shape index (κ1) is 35.1. The molecule has 2 aromatic rings. The summed E-state index contributed by atoms with van der Waals surface area (Å²) in [5.41, 5.74) is 4.55. The molecule has 10 nitrogen and oxygen atoms in total. The Hall–Kier alpha value is -3.71. The van der Waals surface area contributed by atoms with Crippen LogP contribution in [0.15, 0.2) is 36.4 Å². The Balaban J connectivity index is 1.14. The van der Waals surface area contributed by atoms with Crippen LogP contribution in [0.1, 0.15) is 68.1 Å². The highest BCUT2D eigenvalue weighted by Gasteiger charge is 2.46. The normalized spacial score (nSPS) is 20.7. The van der Waals surface area contributed by atoms with Gasteiger partial charge in [0.05, 0.1) is 22.0 Å². The number of fused-ring (bicyclic) bond motifs is 2. The molecular formula is C35H43ClF3N5O5. The molecule has 4 heterocycles. The molecule has 0 saturated carbocycles. The molecule has 49 heavy (non-hydrogen) atoms. The van der Waals surface area contributed by atoms with Gasteiger partial charge in [0, 0.05) is 51.0 Å². The van der Waals surface area contributed by atoms with E-state index in [0.29, 0.717) is 37.5 Å².